The highest BCUT2D eigenvalue weighted by Crippen LogP contribution is 2.37. The first-order valence-corrected chi connectivity index (χ1v) is 9.21. The van der Waals surface area contributed by atoms with Crippen LogP contribution in [0.5, 0.6) is 11.5 Å². The topological polar surface area (TPSA) is 69.7 Å². The molecule has 6 nitrogen and oxygen atoms in total. The standard InChI is InChI=1S/C17H20N2O4S/c20-16(10-23-11-4-2-1-3-5-11)19-17-18-12-8-13-14(9-15(12)24-17)22-7-6-21-13/h8-9,11H,1-7,10H2,(H,18,19,20). The molecule has 0 saturated heterocycles. The number of carbonyl (C=O) groups excluding carboxylic acids is 1. The van der Waals surface area contributed by atoms with Crippen LogP contribution in [0, 0.1) is 0 Å². The Morgan fingerprint density at radius 3 is 2.75 bits per heavy atom. The number of aromatic nitrogens is 1. The zero-order chi connectivity index (χ0) is 16.4. The molecule has 1 aromatic carbocycles. The molecule has 0 unspecified atom stereocenters. The quantitative estimate of drug-likeness (QED) is 0.917. The van der Waals surface area contributed by atoms with Crippen LogP contribution in [0.3, 0.4) is 0 Å². The van der Waals surface area contributed by atoms with Gasteiger partial charge in [0.2, 0.25) is 0 Å². The van der Waals surface area contributed by atoms with E-state index >= 15 is 0 Å². The van der Waals surface area contributed by atoms with Crippen LogP contribution in [-0.2, 0) is 9.53 Å². The molecule has 1 saturated carbocycles. The molecule has 1 N–H and O–H groups in total. The molecule has 1 aliphatic heterocycles. The molecule has 1 aliphatic carbocycles. The van der Waals surface area contributed by atoms with Crippen molar-refractivity contribution in [3.05, 3.63) is 12.1 Å². The SMILES string of the molecule is O=C(COC1CCCCC1)Nc1nc2cc3c(cc2s1)OCCO3. The Labute approximate surface area is 144 Å². The van der Waals surface area contributed by atoms with E-state index in [0.29, 0.717) is 24.1 Å². The van der Waals surface area contributed by atoms with Gasteiger partial charge in [-0.3, -0.25) is 10.1 Å². The lowest BCUT2D eigenvalue weighted by Crippen LogP contribution is -2.24. The largest absolute Gasteiger partial charge is 0.486 e. The van der Waals surface area contributed by atoms with Crippen molar-refractivity contribution in [1.82, 2.24) is 4.98 Å². The van der Waals surface area contributed by atoms with E-state index in [0.717, 1.165) is 28.8 Å². The smallest absolute Gasteiger partial charge is 0.252 e. The van der Waals surface area contributed by atoms with Gasteiger partial charge in [0.15, 0.2) is 16.6 Å². The lowest BCUT2D eigenvalue weighted by molar-refractivity contribution is -0.123. The van der Waals surface area contributed by atoms with Crippen LogP contribution in [0.2, 0.25) is 0 Å². The molecule has 1 amide bonds. The van der Waals surface area contributed by atoms with E-state index in [4.69, 9.17) is 14.2 Å². The van der Waals surface area contributed by atoms with Crippen LogP contribution >= 0.6 is 11.3 Å². The van der Waals surface area contributed by atoms with Gasteiger partial charge in [-0.25, -0.2) is 4.98 Å². The number of anilines is 1. The van der Waals surface area contributed by atoms with Gasteiger partial charge in [-0.05, 0) is 12.8 Å². The maximum absolute atomic E-state index is 12.1. The van der Waals surface area contributed by atoms with E-state index in [2.05, 4.69) is 10.3 Å². The molecule has 7 heteroatoms. The van der Waals surface area contributed by atoms with Crippen LogP contribution in [-0.4, -0.2) is 36.8 Å². The average Bonchev–Trinajstić information content (AvgIpc) is 2.99. The van der Waals surface area contributed by atoms with E-state index in [1.54, 1.807) is 0 Å². The minimum atomic E-state index is -0.156. The lowest BCUT2D eigenvalue weighted by atomic mass is 9.98. The fraction of sp³-hybridized carbons (Fsp3) is 0.529. The van der Waals surface area contributed by atoms with E-state index in [-0.39, 0.29) is 18.6 Å². The third kappa shape index (κ3) is 3.47. The van der Waals surface area contributed by atoms with Gasteiger partial charge in [-0.1, -0.05) is 30.6 Å². The van der Waals surface area contributed by atoms with E-state index in [1.165, 1.54) is 30.6 Å². The highest BCUT2D eigenvalue weighted by Gasteiger charge is 2.18. The zero-order valence-electron chi connectivity index (χ0n) is 13.4. The summed E-state index contributed by atoms with van der Waals surface area (Å²) >= 11 is 1.43. The molecule has 0 spiro atoms. The Kier molecular flexibility index (Phi) is 4.53. The summed E-state index contributed by atoms with van der Waals surface area (Å²) in [5.41, 5.74) is 0.799. The molecule has 2 heterocycles. The summed E-state index contributed by atoms with van der Waals surface area (Å²) < 4.78 is 17.8. The number of hydrogen-bond acceptors (Lipinski definition) is 6. The molecule has 24 heavy (non-hydrogen) atoms. The fourth-order valence-electron chi connectivity index (χ4n) is 3.10. The molecule has 0 atom stereocenters. The molecular weight excluding hydrogens is 328 g/mol. The summed E-state index contributed by atoms with van der Waals surface area (Å²) in [5, 5.41) is 3.40. The number of hydrogen-bond donors (Lipinski definition) is 1. The fourth-order valence-corrected chi connectivity index (χ4v) is 3.99. The monoisotopic (exact) mass is 348 g/mol. The molecule has 2 aromatic rings. The molecule has 128 valence electrons. The number of fused-ring (bicyclic) bond motifs is 2. The molecular formula is C17H20N2O4S. The Morgan fingerprint density at radius 1 is 1.21 bits per heavy atom. The highest BCUT2D eigenvalue weighted by atomic mass is 32.1. The summed E-state index contributed by atoms with van der Waals surface area (Å²) in [6, 6.07) is 3.77. The van der Waals surface area contributed by atoms with Crippen molar-refractivity contribution in [2.45, 2.75) is 38.2 Å². The normalized spacial score (nSPS) is 17.8. The highest BCUT2D eigenvalue weighted by molar-refractivity contribution is 7.22. The first kappa shape index (κ1) is 15.7. The molecule has 1 fully saturated rings. The second-order valence-corrected chi connectivity index (χ2v) is 7.13. The average molecular weight is 348 g/mol. The van der Waals surface area contributed by atoms with Crippen molar-refractivity contribution in [3.8, 4) is 11.5 Å². The molecule has 4 rings (SSSR count). The molecule has 2 aliphatic rings. The first-order chi connectivity index (χ1) is 11.8. The zero-order valence-corrected chi connectivity index (χ0v) is 14.2. The lowest BCUT2D eigenvalue weighted by Gasteiger charge is -2.21. The Bertz CT molecular complexity index is 697. The van der Waals surface area contributed by atoms with Crippen molar-refractivity contribution in [3.63, 3.8) is 0 Å². The maximum atomic E-state index is 12.1. The second kappa shape index (κ2) is 6.94. The van der Waals surface area contributed by atoms with Gasteiger partial charge in [0.05, 0.1) is 16.3 Å². The summed E-state index contributed by atoms with van der Waals surface area (Å²) in [4.78, 5) is 16.5. The molecule has 0 radical (unpaired) electrons. The summed E-state index contributed by atoms with van der Waals surface area (Å²) in [6.45, 7) is 1.19. The summed E-state index contributed by atoms with van der Waals surface area (Å²) in [7, 11) is 0. The Hall–Kier alpha value is -1.86. The molecule has 0 bridgehead atoms. The van der Waals surface area contributed by atoms with Crippen molar-refractivity contribution >= 4 is 32.6 Å². The van der Waals surface area contributed by atoms with Crippen LogP contribution in [0.25, 0.3) is 10.2 Å². The van der Waals surface area contributed by atoms with Crippen LogP contribution in [0.15, 0.2) is 12.1 Å². The number of amides is 1. The van der Waals surface area contributed by atoms with Gasteiger partial charge in [-0.2, -0.15) is 0 Å². The van der Waals surface area contributed by atoms with E-state index in [9.17, 15) is 4.79 Å². The summed E-state index contributed by atoms with van der Waals surface area (Å²) in [6.07, 6.45) is 5.99. The second-order valence-electron chi connectivity index (χ2n) is 6.10. The summed E-state index contributed by atoms with van der Waals surface area (Å²) in [5.74, 6) is 1.28. The van der Waals surface area contributed by atoms with Gasteiger partial charge in [0.25, 0.3) is 5.91 Å². The van der Waals surface area contributed by atoms with Gasteiger partial charge in [0.1, 0.15) is 19.8 Å². The van der Waals surface area contributed by atoms with Crippen molar-refractivity contribution in [2.75, 3.05) is 25.1 Å². The first-order valence-electron chi connectivity index (χ1n) is 8.39. The maximum Gasteiger partial charge on any atom is 0.252 e. The van der Waals surface area contributed by atoms with Crippen molar-refractivity contribution in [1.29, 1.82) is 0 Å². The van der Waals surface area contributed by atoms with Crippen LogP contribution in [0.4, 0.5) is 5.13 Å². The molecule has 1 aromatic heterocycles. The number of nitrogens with one attached hydrogen (secondary N) is 1. The third-order valence-corrected chi connectivity index (χ3v) is 5.23. The van der Waals surface area contributed by atoms with E-state index in [1.807, 2.05) is 12.1 Å². The predicted octanol–water partition coefficient (Wildman–Crippen LogP) is 3.36. The predicted molar refractivity (Wildman–Crippen MR) is 92.1 cm³/mol. The van der Waals surface area contributed by atoms with Gasteiger partial charge >= 0.3 is 0 Å². The van der Waals surface area contributed by atoms with Gasteiger partial charge in [0, 0.05) is 12.1 Å². The number of nitrogens with zero attached hydrogens (tertiary/aromatic N) is 1. The number of rotatable bonds is 4. The minimum absolute atomic E-state index is 0.0866. The third-order valence-electron chi connectivity index (χ3n) is 4.30. The van der Waals surface area contributed by atoms with Crippen molar-refractivity contribution in [2.24, 2.45) is 0 Å². The van der Waals surface area contributed by atoms with Crippen molar-refractivity contribution < 1.29 is 19.0 Å². The number of ether oxygens (including phenoxy) is 3. The van der Waals surface area contributed by atoms with Crippen LogP contribution < -0.4 is 14.8 Å². The number of thiazole rings is 1. The number of benzene rings is 1. The van der Waals surface area contributed by atoms with Gasteiger partial charge < -0.3 is 14.2 Å². The van der Waals surface area contributed by atoms with E-state index < -0.39 is 0 Å². The Balaban J connectivity index is 1.39. The minimum Gasteiger partial charge on any atom is -0.486 e. The Morgan fingerprint density at radius 2 is 1.96 bits per heavy atom. The van der Waals surface area contributed by atoms with Crippen LogP contribution in [0.1, 0.15) is 32.1 Å². The van der Waals surface area contributed by atoms with Gasteiger partial charge in [-0.15, -0.1) is 0 Å². The number of carbonyl (C=O) groups is 1.